The standard InChI is InChI=1S/C13H10BrN5O/c14-11-5-18-12(6-17-11)19-13(20)9-4-16-10-3-7(15)1-2-8(9)10/h1-6,16H,15H2,(H,18,19,20). The summed E-state index contributed by atoms with van der Waals surface area (Å²) in [5.74, 6) is 0.139. The number of amides is 1. The topological polar surface area (TPSA) is 96.7 Å². The second-order valence-electron chi connectivity index (χ2n) is 4.19. The lowest BCUT2D eigenvalue weighted by Gasteiger charge is -2.03. The Morgan fingerprint density at radius 2 is 2.15 bits per heavy atom. The molecule has 3 aromatic rings. The summed E-state index contributed by atoms with van der Waals surface area (Å²) in [6.45, 7) is 0. The SMILES string of the molecule is Nc1ccc2c(C(=O)Nc3cnc(Br)cn3)c[nH]c2c1. The van der Waals surface area contributed by atoms with E-state index < -0.39 is 0 Å². The molecular weight excluding hydrogens is 322 g/mol. The number of nitrogens with two attached hydrogens (primary N) is 1. The molecule has 1 aromatic carbocycles. The number of nitrogen functional groups attached to an aromatic ring is 1. The van der Waals surface area contributed by atoms with E-state index in [9.17, 15) is 4.79 Å². The molecule has 0 spiro atoms. The first-order chi connectivity index (χ1) is 9.63. The van der Waals surface area contributed by atoms with Crippen LogP contribution in [0, 0.1) is 0 Å². The summed E-state index contributed by atoms with van der Waals surface area (Å²) in [4.78, 5) is 23.3. The van der Waals surface area contributed by atoms with Crippen LogP contribution < -0.4 is 11.1 Å². The average molecular weight is 332 g/mol. The van der Waals surface area contributed by atoms with Crippen molar-refractivity contribution in [3.63, 3.8) is 0 Å². The highest BCUT2D eigenvalue weighted by atomic mass is 79.9. The Hall–Kier alpha value is -2.41. The van der Waals surface area contributed by atoms with Crippen LogP contribution in [0.1, 0.15) is 10.4 Å². The molecule has 0 aliphatic rings. The summed E-state index contributed by atoms with van der Waals surface area (Å²) in [6.07, 6.45) is 4.64. The fourth-order valence-electron chi connectivity index (χ4n) is 1.89. The number of nitrogens with zero attached hydrogens (tertiary/aromatic N) is 2. The number of anilines is 2. The van der Waals surface area contributed by atoms with Gasteiger partial charge in [0.15, 0.2) is 5.82 Å². The molecule has 1 amide bonds. The van der Waals surface area contributed by atoms with Gasteiger partial charge < -0.3 is 16.0 Å². The lowest BCUT2D eigenvalue weighted by molar-refractivity contribution is 0.102. The molecule has 4 N–H and O–H groups in total. The van der Waals surface area contributed by atoms with E-state index in [-0.39, 0.29) is 5.91 Å². The number of fused-ring (bicyclic) bond motifs is 1. The van der Waals surface area contributed by atoms with Crippen molar-refractivity contribution in [2.24, 2.45) is 0 Å². The lowest BCUT2D eigenvalue weighted by Crippen LogP contribution is -2.12. The molecule has 0 radical (unpaired) electrons. The number of H-pyrrole nitrogens is 1. The molecule has 7 heteroatoms. The zero-order valence-corrected chi connectivity index (χ0v) is 11.8. The summed E-state index contributed by atoms with van der Waals surface area (Å²) < 4.78 is 0.609. The van der Waals surface area contributed by atoms with E-state index in [0.29, 0.717) is 21.7 Å². The molecular formula is C13H10BrN5O. The summed E-state index contributed by atoms with van der Waals surface area (Å²) in [5.41, 5.74) is 7.70. The van der Waals surface area contributed by atoms with Crippen LogP contribution >= 0.6 is 15.9 Å². The normalized spacial score (nSPS) is 10.7. The van der Waals surface area contributed by atoms with Crippen LogP contribution in [-0.4, -0.2) is 20.9 Å². The van der Waals surface area contributed by atoms with Gasteiger partial charge in [-0.3, -0.25) is 4.79 Å². The summed E-state index contributed by atoms with van der Waals surface area (Å²) in [5, 5.41) is 3.50. The van der Waals surface area contributed by atoms with Gasteiger partial charge >= 0.3 is 0 Å². The molecule has 6 nitrogen and oxygen atoms in total. The minimum Gasteiger partial charge on any atom is -0.399 e. The number of carbonyl (C=O) groups excluding carboxylic acids is 1. The van der Waals surface area contributed by atoms with Crippen LogP contribution in [0.15, 0.2) is 41.4 Å². The molecule has 2 aromatic heterocycles. The van der Waals surface area contributed by atoms with Gasteiger partial charge in [0.25, 0.3) is 5.91 Å². The third-order valence-electron chi connectivity index (χ3n) is 2.81. The first-order valence-electron chi connectivity index (χ1n) is 5.79. The van der Waals surface area contributed by atoms with Crippen molar-refractivity contribution in [2.75, 3.05) is 11.1 Å². The number of carbonyl (C=O) groups is 1. The zero-order valence-electron chi connectivity index (χ0n) is 10.2. The molecule has 20 heavy (non-hydrogen) atoms. The van der Waals surface area contributed by atoms with Crippen molar-refractivity contribution in [3.8, 4) is 0 Å². The van der Waals surface area contributed by atoms with Gasteiger partial charge in [0, 0.05) is 22.8 Å². The Morgan fingerprint density at radius 1 is 1.30 bits per heavy atom. The van der Waals surface area contributed by atoms with E-state index in [1.807, 2.05) is 6.07 Å². The first-order valence-corrected chi connectivity index (χ1v) is 6.58. The van der Waals surface area contributed by atoms with E-state index in [2.05, 4.69) is 36.2 Å². The summed E-state index contributed by atoms with van der Waals surface area (Å²) >= 11 is 3.19. The van der Waals surface area contributed by atoms with Gasteiger partial charge in [-0.05, 0) is 34.1 Å². The van der Waals surface area contributed by atoms with Crippen LogP contribution in [0.3, 0.4) is 0 Å². The summed E-state index contributed by atoms with van der Waals surface area (Å²) in [7, 11) is 0. The number of aromatic amines is 1. The fourth-order valence-corrected chi connectivity index (χ4v) is 2.10. The van der Waals surface area contributed by atoms with Crippen molar-refractivity contribution in [3.05, 3.63) is 47.0 Å². The van der Waals surface area contributed by atoms with Crippen molar-refractivity contribution in [1.82, 2.24) is 15.0 Å². The lowest BCUT2D eigenvalue weighted by atomic mass is 10.1. The quantitative estimate of drug-likeness (QED) is 0.628. The average Bonchev–Trinajstić information content (AvgIpc) is 2.84. The van der Waals surface area contributed by atoms with Crippen molar-refractivity contribution in [1.29, 1.82) is 0 Å². The van der Waals surface area contributed by atoms with Crippen LogP contribution in [-0.2, 0) is 0 Å². The molecule has 0 saturated carbocycles. The second-order valence-corrected chi connectivity index (χ2v) is 5.00. The van der Waals surface area contributed by atoms with E-state index >= 15 is 0 Å². The molecule has 2 heterocycles. The van der Waals surface area contributed by atoms with Crippen molar-refractivity contribution < 1.29 is 4.79 Å². The van der Waals surface area contributed by atoms with Gasteiger partial charge in [-0.15, -0.1) is 0 Å². The molecule has 0 atom stereocenters. The highest BCUT2D eigenvalue weighted by Gasteiger charge is 2.12. The van der Waals surface area contributed by atoms with E-state index in [1.165, 1.54) is 12.4 Å². The maximum Gasteiger partial charge on any atom is 0.259 e. The zero-order chi connectivity index (χ0) is 14.1. The third kappa shape index (κ3) is 2.35. The fraction of sp³-hybridized carbons (Fsp3) is 0. The minimum atomic E-state index is -0.252. The molecule has 0 saturated heterocycles. The van der Waals surface area contributed by atoms with Gasteiger partial charge in [0.2, 0.25) is 0 Å². The Kier molecular flexibility index (Phi) is 3.11. The molecule has 0 unspecified atom stereocenters. The maximum atomic E-state index is 12.2. The molecule has 0 fully saturated rings. The molecule has 0 bridgehead atoms. The first kappa shape index (κ1) is 12.6. The Balaban J connectivity index is 1.91. The highest BCUT2D eigenvalue weighted by molar-refractivity contribution is 9.10. The monoisotopic (exact) mass is 331 g/mol. The molecule has 100 valence electrons. The van der Waals surface area contributed by atoms with E-state index in [1.54, 1.807) is 18.3 Å². The number of rotatable bonds is 2. The van der Waals surface area contributed by atoms with Gasteiger partial charge in [-0.2, -0.15) is 0 Å². The number of aromatic nitrogens is 3. The second kappa shape index (κ2) is 4.93. The van der Waals surface area contributed by atoms with E-state index in [0.717, 1.165) is 10.9 Å². The number of hydrogen-bond acceptors (Lipinski definition) is 4. The van der Waals surface area contributed by atoms with Crippen molar-refractivity contribution >= 4 is 44.2 Å². The number of halogens is 1. The van der Waals surface area contributed by atoms with E-state index in [4.69, 9.17) is 5.73 Å². The largest absolute Gasteiger partial charge is 0.399 e. The van der Waals surface area contributed by atoms with Gasteiger partial charge in [0.1, 0.15) is 4.60 Å². The third-order valence-corrected chi connectivity index (χ3v) is 3.22. The Bertz CT molecular complexity index is 781. The maximum absolute atomic E-state index is 12.2. The van der Waals surface area contributed by atoms with Crippen molar-refractivity contribution in [2.45, 2.75) is 0 Å². The predicted octanol–water partition coefficient (Wildman–Crippen LogP) is 2.55. The molecule has 0 aliphatic carbocycles. The van der Waals surface area contributed by atoms with Gasteiger partial charge in [-0.1, -0.05) is 0 Å². The van der Waals surface area contributed by atoms with Gasteiger partial charge in [0.05, 0.1) is 18.0 Å². The molecule has 0 aliphatic heterocycles. The molecule has 3 rings (SSSR count). The van der Waals surface area contributed by atoms with Crippen LogP contribution in [0.5, 0.6) is 0 Å². The van der Waals surface area contributed by atoms with Gasteiger partial charge in [-0.25, -0.2) is 9.97 Å². The summed E-state index contributed by atoms with van der Waals surface area (Å²) in [6, 6.07) is 5.35. The smallest absolute Gasteiger partial charge is 0.259 e. The number of nitrogens with one attached hydrogen (secondary N) is 2. The number of hydrogen-bond donors (Lipinski definition) is 3. The number of benzene rings is 1. The van der Waals surface area contributed by atoms with Crippen LogP contribution in [0.4, 0.5) is 11.5 Å². The van der Waals surface area contributed by atoms with Crippen LogP contribution in [0.25, 0.3) is 10.9 Å². The Morgan fingerprint density at radius 3 is 2.90 bits per heavy atom. The predicted molar refractivity (Wildman–Crippen MR) is 80.4 cm³/mol. The highest BCUT2D eigenvalue weighted by Crippen LogP contribution is 2.21. The van der Waals surface area contributed by atoms with Crippen LogP contribution in [0.2, 0.25) is 0 Å². The Labute approximate surface area is 122 Å². The minimum absolute atomic E-state index is 0.252.